The molecular weight excluding hydrogens is 490 g/mol. The molecule has 0 aliphatic heterocycles. The third-order valence-corrected chi connectivity index (χ3v) is 6.56. The van der Waals surface area contributed by atoms with Gasteiger partial charge >= 0.3 is 0 Å². The van der Waals surface area contributed by atoms with Crippen LogP contribution in [0.15, 0.2) is 104 Å². The van der Waals surface area contributed by atoms with E-state index in [-0.39, 0.29) is 11.6 Å². The molecule has 172 valence electrons. The molecule has 0 aliphatic carbocycles. The predicted molar refractivity (Wildman–Crippen MR) is 132 cm³/mol. The van der Waals surface area contributed by atoms with Gasteiger partial charge in [0.05, 0.1) is 0 Å². The highest BCUT2D eigenvalue weighted by Gasteiger charge is 2.12. The number of oxazole rings is 2. The number of hydrogen-bond donors (Lipinski definition) is 0. The number of nitrogens with zero attached hydrogens (tertiary/aromatic N) is 2. The Hall–Kier alpha value is -3.66. The van der Waals surface area contributed by atoms with Gasteiger partial charge in [-0.3, -0.25) is 0 Å². The number of rotatable bonds is 6. The largest absolute Gasteiger partial charge is 0.436 e. The Morgan fingerprint density at radius 3 is 1.54 bits per heavy atom. The maximum absolute atomic E-state index is 13.5. The van der Waals surface area contributed by atoms with Crippen molar-refractivity contribution in [1.29, 1.82) is 0 Å². The lowest BCUT2D eigenvalue weighted by Crippen LogP contribution is -1.79. The molecule has 0 radical (unpaired) electrons. The van der Waals surface area contributed by atoms with E-state index in [1.807, 2.05) is 24.3 Å². The van der Waals surface area contributed by atoms with Gasteiger partial charge in [0, 0.05) is 45.0 Å². The minimum absolute atomic E-state index is 0.347. The minimum Gasteiger partial charge on any atom is -0.436 e. The van der Waals surface area contributed by atoms with Gasteiger partial charge in [-0.25, -0.2) is 22.4 Å². The van der Waals surface area contributed by atoms with E-state index in [4.69, 9.17) is 12.5 Å². The normalized spacial score (nSPS) is 11.5. The van der Waals surface area contributed by atoms with E-state index >= 15 is 0 Å². The number of benzene rings is 4. The van der Waals surface area contributed by atoms with Crippen molar-refractivity contribution in [2.75, 3.05) is 0 Å². The third kappa shape index (κ3) is 4.66. The quantitative estimate of drug-likeness (QED) is 0.211. The monoisotopic (exact) mass is 504 g/mol. The van der Waals surface area contributed by atoms with Crippen molar-refractivity contribution in [2.24, 2.45) is 0 Å². The van der Waals surface area contributed by atoms with Crippen molar-refractivity contribution in [2.45, 2.75) is 9.79 Å². The fourth-order valence-electron chi connectivity index (χ4n) is 3.50. The van der Waals surface area contributed by atoms with Crippen LogP contribution >= 0.6 is 24.1 Å². The number of fused-ring (bicyclic) bond motifs is 2. The van der Waals surface area contributed by atoms with E-state index in [1.165, 1.54) is 48.4 Å². The van der Waals surface area contributed by atoms with Crippen molar-refractivity contribution in [3.63, 3.8) is 0 Å². The van der Waals surface area contributed by atoms with Crippen LogP contribution in [-0.4, -0.2) is 9.97 Å². The molecule has 6 rings (SSSR count). The van der Waals surface area contributed by atoms with Gasteiger partial charge in [-0.15, -0.1) is 0 Å². The van der Waals surface area contributed by atoms with Gasteiger partial charge in [-0.1, -0.05) is 12.1 Å². The van der Waals surface area contributed by atoms with E-state index in [2.05, 4.69) is 9.97 Å². The summed E-state index contributed by atoms with van der Waals surface area (Å²) in [6.07, 6.45) is 0. The average molecular weight is 505 g/mol. The van der Waals surface area contributed by atoms with E-state index in [1.54, 1.807) is 36.4 Å². The van der Waals surface area contributed by atoms with Gasteiger partial charge in [-0.2, -0.15) is 0 Å². The molecular formula is C26H14F2N2O3S2. The molecule has 0 saturated heterocycles. The summed E-state index contributed by atoms with van der Waals surface area (Å²) >= 11 is 2.36. The van der Waals surface area contributed by atoms with Gasteiger partial charge in [0.25, 0.3) is 0 Å². The summed E-state index contributed by atoms with van der Waals surface area (Å²) in [5.41, 5.74) is 3.66. The summed E-state index contributed by atoms with van der Waals surface area (Å²) in [6.45, 7) is 0. The van der Waals surface area contributed by atoms with Crippen molar-refractivity contribution < 1.29 is 21.2 Å². The molecule has 9 heteroatoms. The van der Waals surface area contributed by atoms with Crippen molar-refractivity contribution in [1.82, 2.24) is 9.97 Å². The van der Waals surface area contributed by atoms with Crippen LogP contribution in [0.4, 0.5) is 8.78 Å². The predicted octanol–water partition coefficient (Wildman–Crippen LogP) is 8.31. The number of aromatic nitrogens is 2. The third-order valence-electron chi connectivity index (χ3n) is 5.12. The standard InChI is InChI=1S/C26H14F2N2O3S2/c27-17-5-1-3-15(11-17)25-29-21-13-19(7-9-23(21)31-25)34-33-35-20-8-10-24-22(14-20)30-26(32-24)16-4-2-6-18(28)12-16/h1-14H. The van der Waals surface area contributed by atoms with Gasteiger partial charge in [0.2, 0.25) is 11.8 Å². The second-order valence-electron chi connectivity index (χ2n) is 7.55. The maximum atomic E-state index is 13.5. The van der Waals surface area contributed by atoms with Crippen molar-refractivity contribution in [3.05, 3.63) is 96.6 Å². The smallest absolute Gasteiger partial charge is 0.227 e. The molecule has 0 aliphatic rings. The lowest BCUT2D eigenvalue weighted by Gasteiger charge is -2.01. The summed E-state index contributed by atoms with van der Waals surface area (Å²) in [6, 6.07) is 23.3. The Morgan fingerprint density at radius 2 is 1.09 bits per heavy atom. The van der Waals surface area contributed by atoms with Gasteiger partial charge in [-0.05, 0) is 72.8 Å². The van der Waals surface area contributed by atoms with E-state index in [0.717, 1.165) is 9.79 Å². The van der Waals surface area contributed by atoms with Crippen molar-refractivity contribution >= 4 is 46.3 Å². The first kappa shape index (κ1) is 21.8. The van der Waals surface area contributed by atoms with E-state index in [0.29, 0.717) is 45.1 Å². The minimum atomic E-state index is -0.347. The van der Waals surface area contributed by atoms with Crippen LogP contribution in [0.2, 0.25) is 0 Å². The van der Waals surface area contributed by atoms with Crippen LogP contribution in [0.1, 0.15) is 0 Å². The summed E-state index contributed by atoms with van der Waals surface area (Å²) in [4.78, 5) is 10.6. The SMILES string of the molecule is Fc1cccc(-c2nc3cc(SOSc4ccc5oc(-c6cccc(F)c6)nc5c4)ccc3o2)c1. The average Bonchev–Trinajstić information content (AvgIpc) is 3.48. The summed E-state index contributed by atoms with van der Waals surface area (Å²) in [5.74, 6) is 0.0202. The van der Waals surface area contributed by atoms with Crippen LogP contribution in [-0.2, 0) is 3.63 Å². The molecule has 4 aromatic carbocycles. The lowest BCUT2D eigenvalue weighted by molar-refractivity contribution is 0.611. The van der Waals surface area contributed by atoms with Crippen LogP contribution in [0.25, 0.3) is 45.1 Å². The Labute approximate surface area is 206 Å². The van der Waals surface area contributed by atoms with E-state index < -0.39 is 0 Å². The Balaban J connectivity index is 1.15. The molecule has 0 bridgehead atoms. The second kappa shape index (κ2) is 9.18. The molecule has 0 fully saturated rings. The molecule has 35 heavy (non-hydrogen) atoms. The molecule has 0 N–H and O–H groups in total. The van der Waals surface area contributed by atoms with Gasteiger partial charge in [0.1, 0.15) is 22.7 Å². The lowest BCUT2D eigenvalue weighted by atomic mass is 10.2. The maximum Gasteiger partial charge on any atom is 0.227 e. The molecule has 0 amide bonds. The topological polar surface area (TPSA) is 61.3 Å². The van der Waals surface area contributed by atoms with Crippen LogP contribution in [0.5, 0.6) is 0 Å². The molecule has 2 heterocycles. The fraction of sp³-hybridized carbons (Fsp3) is 0. The number of halogens is 2. The Morgan fingerprint density at radius 1 is 0.600 bits per heavy atom. The molecule has 0 unspecified atom stereocenters. The summed E-state index contributed by atoms with van der Waals surface area (Å²) in [5, 5.41) is 0. The first-order chi connectivity index (χ1) is 17.1. The van der Waals surface area contributed by atoms with Gasteiger partial charge < -0.3 is 8.83 Å². The van der Waals surface area contributed by atoms with Crippen molar-refractivity contribution in [3.8, 4) is 22.9 Å². The first-order valence-electron chi connectivity index (χ1n) is 10.4. The molecule has 0 saturated carbocycles. The summed E-state index contributed by atoms with van der Waals surface area (Å²) in [7, 11) is 0. The highest BCUT2D eigenvalue weighted by Crippen LogP contribution is 2.34. The Bertz CT molecular complexity index is 1560. The van der Waals surface area contributed by atoms with Crippen LogP contribution in [0, 0.1) is 11.6 Å². The summed E-state index contributed by atoms with van der Waals surface area (Å²) < 4.78 is 44.3. The molecule has 0 atom stereocenters. The van der Waals surface area contributed by atoms with Crippen LogP contribution < -0.4 is 0 Å². The molecule has 2 aromatic heterocycles. The zero-order chi connectivity index (χ0) is 23.8. The van der Waals surface area contributed by atoms with Crippen LogP contribution in [0.3, 0.4) is 0 Å². The second-order valence-corrected chi connectivity index (χ2v) is 9.37. The molecule has 5 nitrogen and oxygen atoms in total. The highest BCUT2D eigenvalue weighted by molar-refractivity contribution is 8.07. The Kier molecular flexibility index (Phi) is 5.73. The first-order valence-corrected chi connectivity index (χ1v) is 11.9. The zero-order valence-electron chi connectivity index (χ0n) is 17.8. The zero-order valence-corrected chi connectivity index (χ0v) is 19.4. The highest BCUT2D eigenvalue weighted by atomic mass is 32.2. The molecule has 0 spiro atoms. The van der Waals surface area contributed by atoms with Gasteiger partial charge in [0.15, 0.2) is 11.2 Å². The van der Waals surface area contributed by atoms with E-state index in [9.17, 15) is 8.78 Å². The molecule has 6 aromatic rings. The fourth-order valence-corrected chi connectivity index (χ4v) is 4.84. The number of hydrogen-bond acceptors (Lipinski definition) is 7.